The molecule has 5 nitrogen and oxygen atoms in total. The number of oxime groups is 1. The minimum Gasteiger partial charge on any atom is -0.409 e. The van der Waals surface area contributed by atoms with Gasteiger partial charge in [-0.1, -0.05) is 23.4 Å². The highest BCUT2D eigenvalue weighted by Gasteiger charge is 2.15. The van der Waals surface area contributed by atoms with E-state index in [1.54, 1.807) is 31.3 Å². The number of carbonyl (C=O) groups excluding carboxylic acids is 1. The van der Waals surface area contributed by atoms with E-state index < -0.39 is 5.82 Å². The van der Waals surface area contributed by atoms with Gasteiger partial charge in [-0.05, 0) is 30.3 Å². The summed E-state index contributed by atoms with van der Waals surface area (Å²) in [5.41, 5.74) is 6.71. The maximum atomic E-state index is 13.2. The van der Waals surface area contributed by atoms with Crippen molar-refractivity contribution in [3.05, 3.63) is 65.5 Å². The number of anilines is 1. The molecular formula is C15H14FN3O2. The van der Waals surface area contributed by atoms with E-state index in [1.165, 1.54) is 29.2 Å². The summed E-state index contributed by atoms with van der Waals surface area (Å²) in [5.74, 6) is -0.830. The van der Waals surface area contributed by atoms with Crippen LogP contribution in [-0.4, -0.2) is 24.0 Å². The molecule has 1 amide bonds. The second-order valence-corrected chi connectivity index (χ2v) is 4.41. The monoisotopic (exact) mass is 287 g/mol. The number of carbonyl (C=O) groups is 1. The zero-order chi connectivity index (χ0) is 15.4. The SMILES string of the molecule is CN(C(=O)c1cccc(C(N)=NO)c1)c1cccc(F)c1. The maximum Gasteiger partial charge on any atom is 0.258 e. The van der Waals surface area contributed by atoms with Gasteiger partial charge in [0.2, 0.25) is 0 Å². The van der Waals surface area contributed by atoms with Crippen LogP contribution in [0.5, 0.6) is 0 Å². The van der Waals surface area contributed by atoms with E-state index in [9.17, 15) is 9.18 Å². The summed E-state index contributed by atoms with van der Waals surface area (Å²) in [4.78, 5) is 13.7. The summed E-state index contributed by atoms with van der Waals surface area (Å²) < 4.78 is 13.2. The fourth-order valence-electron chi connectivity index (χ4n) is 1.86. The highest BCUT2D eigenvalue weighted by molar-refractivity contribution is 6.07. The Morgan fingerprint density at radius 2 is 1.86 bits per heavy atom. The van der Waals surface area contributed by atoms with Crippen molar-refractivity contribution in [2.45, 2.75) is 0 Å². The van der Waals surface area contributed by atoms with Crippen molar-refractivity contribution in [2.24, 2.45) is 10.9 Å². The molecule has 0 aliphatic rings. The van der Waals surface area contributed by atoms with Gasteiger partial charge in [0.15, 0.2) is 5.84 Å². The molecule has 0 aromatic heterocycles. The third-order valence-electron chi connectivity index (χ3n) is 3.01. The van der Waals surface area contributed by atoms with Crippen LogP contribution in [0.25, 0.3) is 0 Å². The number of nitrogens with two attached hydrogens (primary N) is 1. The molecule has 0 spiro atoms. The minimum atomic E-state index is -0.419. The number of halogens is 1. The van der Waals surface area contributed by atoms with E-state index in [-0.39, 0.29) is 11.7 Å². The summed E-state index contributed by atoms with van der Waals surface area (Å²) in [6.45, 7) is 0. The van der Waals surface area contributed by atoms with Gasteiger partial charge in [-0.2, -0.15) is 0 Å². The van der Waals surface area contributed by atoms with Gasteiger partial charge in [-0.25, -0.2) is 4.39 Å². The Kier molecular flexibility index (Phi) is 4.18. The van der Waals surface area contributed by atoms with E-state index in [1.807, 2.05) is 0 Å². The predicted molar refractivity (Wildman–Crippen MR) is 78.1 cm³/mol. The quantitative estimate of drug-likeness (QED) is 0.393. The summed E-state index contributed by atoms with van der Waals surface area (Å²) in [7, 11) is 1.55. The van der Waals surface area contributed by atoms with Crippen LogP contribution in [0, 0.1) is 5.82 Å². The normalized spacial score (nSPS) is 11.2. The van der Waals surface area contributed by atoms with Crippen LogP contribution in [0.2, 0.25) is 0 Å². The third-order valence-corrected chi connectivity index (χ3v) is 3.01. The van der Waals surface area contributed by atoms with Crippen molar-refractivity contribution in [3.63, 3.8) is 0 Å². The van der Waals surface area contributed by atoms with Gasteiger partial charge in [0.25, 0.3) is 5.91 Å². The van der Waals surface area contributed by atoms with E-state index in [2.05, 4.69) is 5.16 Å². The number of amides is 1. The first-order chi connectivity index (χ1) is 10.0. The maximum absolute atomic E-state index is 13.2. The van der Waals surface area contributed by atoms with Gasteiger partial charge >= 0.3 is 0 Å². The van der Waals surface area contributed by atoms with Gasteiger partial charge in [0.1, 0.15) is 5.82 Å². The van der Waals surface area contributed by atoms with Gasteiger partial charge in [-0.15, -0.1) is 0 Å². The molecule has 21 heavy (non-hydrogen) atoms. The van der Waals surface area contributed by atoms with Crippen LogP contribution in [0.3, 0.4) is 0 Å². The van der Waals surface area contributed by atoms with Crippen molar-refractivity contribution in [3.8, 4) is 0 Å². The fraction of sp³-hybridized carbons (Fsp3) is 0.0667. The van der Waals surface area contributed by atoms with E-state index in [4.69, 9.17) is 10.9 Å². The molecule has 108 valence electrons. The van der Waals surface area contributed by atoms with Crippen LogP contribution in [-0.2, 0) is 0 Å². The van der Waals surface area contributed by atoms with E-state index in [0.29, 0.717) is 16.8 Å². The molecule has 2 aromatic carbocycles. The highest BCUT2D eigenvalue weighted by atomic mass is 19.1. The molecule has 2 rings (SSSR count). The number of amidine groups is 1. The minimum absolute atomic E-state index is 0.0851. The summed E-state index contributed by atoms with van der Waals surface area (Å²) in [6.07, 6.45) is 0. The Bertz CT molecular complexity index is 701. The second kappa shape index (κ2) is 6.04. The molecule has 0 atom stereocenters. The topological polar surface area (TPSA) is 78.9 Å². The predicted octanol–water partition coefficient (Wildman–Crippen LogP) is 2.20. The van der Waals surface area contributed by atoms with Crippen LogP contribution in [0.15, 0.2) is 53.7 Å². The molecular weight excluding hydrogens is 273 g/mol. The number of benzene rings is 2. The van der Waals surface area contributed by atoms with E-state index in [0.717, 1.165) is 0 Å². The van der Waals surface area contributed by atoms with Crippen molar-refractivity contribution in [1.82, 2.24) is 0 Å². The Balaban J connectivity index is 2.32. The molecule has 0 saturated heterocycles. The highest BCUT2D eigenvalue weighted by Crippen LogP contribution is 2.17. The first-order valence-electron chi connectivity index (χ1n) is 6.14. The first-order valence-corrected chi connectivity index (χ1v) is 6.14. The Morgan fingerprint density at radius 1 is 1.19 bits per heavy atom. The van der Waals surface area contributed by atoms with Gasteiger partial charge < -0.3 is 15.8 Å². The van der Waals surface area contributed by atoms with Crippen molar-refractivity contribution in [2.75, 3.05) is 11.9 Å². The molecule has 2 aromatic rings. The van der Waals surface area contributed by atoms with E-state index >= 15 is 0 Å². The van der Waals surface area contributed by atoms with Gasteiger partial charge in [0, 0.05) is 23.9 Å². The molecule has 0 saturated carbocycles. The smallest absolute Gasteiger partial charge is 0.258 e. The average Bonchev–Trinajstić information content (AvgIpc) is 2.52. The van der Waals surface area contributed by atoms with Crippen LogP contribution >= 0.6 is 0 Å². The molecule has 3 N–H and O–H groups in total. The van der Waals surface area contributed by atoms with Crippen LogP contribution in [0.1, 0.15) is 15.9 Å². The molecule has 0 bridgehead atoms. The summed E-state index contributed by atoms with van der Waals surface area (Å²) in [6, 6.07) is 12.1. The Labute approximate surface area is 121 Å². The third kappa shape index (κ3) is 3.17. The summed E-state index contributed by atoms with van der Waals surface area (Å²) >= 11 is 0. The number of hydrogen-bond acceptors (Lipinski definition) is 3. The molecule has 0 unspecified atom stereocenters. The zero-order valence-electron chi connectivity index (χ0n) is 11.3. The lowest BCUT2D eigenvalue weighted by Crippen LogP contribution is -2.26. The van der Waals surface area contributed by atoms with Crippen LogP contribution < -0.4 is 10.6 Å². The average molecular weight is 287 g/mol. The van der Waals surface area contributed by atoms with Crippen molar-refractivity contribution >= 4 is 17.4 Å². The fourth-order valence-corrected chi connectivity index (χ4v) is 1.86. The van der Waals surface area contributed by atoms with Crippen molar-refractivity contribution < 1.29 is 14.4 Å². The number of nitrogens with zero attached hydrogens (tertiary/aromatic N) is 2. The standard InChI is InChI=1S/C15H14FN3O2/c1-19(13-7-3-6-12(16)9-13)15(20)11-5-2-4-10(8-11)14(17)18-21/h2-9,21H,1H3,(H2,17,18). The number of hydrogen-bond donors (Lipinski definition) is 2. The van der Waals surface area contributed by atoms with Crippen molar-refractivity contribution in [1.29, 1.82) is 0 Å². The molecule has 6 heteroatoms. The largest absolute Gasteiger partial charge is 0.409 e. The summed E-state index contributed by atoms with van der Waals surface area (Å²) in [5, 5.41) is 11.6. The number of rotatable bonds is 3. The lowest BCUT2D eigenvalue weighted by Gasteiger charge is -2.17. The zero-order valence-corrected chi connectivity index (χ0v) is 11.3. The van der Waals surface area contributed by atoms with Gasteiger partial charge in [0.05, 0.1) is 0 Å². The second-order valence-electron chi connectivity index (χ2n) is 4.41. The first kappa shape index (κ1) is 14.5. The lowest BCUT2D eigenvalue weighted by molar-refractivity contribution is 0.0993. The van der Waals surface area contributed by atoms with Crippen LogP contribution in [0.4, 0.5) is 10.1 Å². The Morgan fingerprint density at radius 3 is 2.52 bits per heavy atom. The lowest BCUT2D eigenvalue weighted by atomic mass is 10.1. The Hall–Kier alpha value is -2.89. The molecule has 0 fully saturated rings. The molecule has 0 radical (unpaired) electrons. The molecule has 0 aliphatic heterocycles. The molecule has 0 heterocycles. The molecule has 0 aliphatic carbocycles. The van der Waals surface area contributed by atoms with Gasteiger partial charge in [-0.3, -0.25) is 4.79 Å².